The van der Waals surface area contributed by atoms with E-state index < -0.39 is 15.8 Å². The van der Waals surface area contributed by atoms with Gasteiger partial charge >= 0.3 is 0 Å². The average molecular weight is 438 g/mol. The van der Waals surface area contributed by atoms with Gasteiger partial charge in [0, 0.05) is 4.47 Å². The Morgan fingerprint density at radius 2 is 1.86 bits per heavy atom. The minimum absolute atomic E-state index is 0.0365. The van der Waals surface area contributed by atoms with Crippen molar-refractivity contribution in [3.63, 3.8) is 0 Å². The zero-order chi connectivity index (χ0) is 15.8. The number of nitrogens with two attached hydrogens (primary N) is 1. The van der Waals surface area contributed by atoms with Gasteiger partial charge in [-0.15, -0.1) is 0 Å². The molecule has 0 saturated heterocycles. The Balaban J connectivity index is 2.45. The highest BCUT2D eigenvalue weighted by Crippen LogP contribution is 2.28. The molecule has 0 aliphatic rings. The SMILES string of the molecule is Cc1cc(F)c(Br)cc1NS(=O)(=O)c1ccc(Br)cc1N. The molecule has 0 amide bonds. The topological polar surface area (TPSA) is 72.2 Å². The van der Waals surface area contributed by atoms with Gasteiger partial charge < -0.3 is 5.73 Å². The molecular weight excluding hydrogens is 427 g/mol. The number of halogens is 3. The summed E-state index contributed by atoms with van der Waals surface area (Å²) in [6, 6.07) is 7.10. The number of nitrogen functional groups attached to an aromatic ring is 1. The first kappa shape index (κ1) is 16.3. The lowest BCUT2D eigenvalue weighted by molar-refractivity contribution is 0.601. The van der Waals surface area contributed by atoms with Crippen molar-refractivity contribution in [1.29, 1.82) is 0 Å². The minimum atomic E-state index is -3.85. The molecule has 2 aromatic carbocycles. The lowest BCUT2D eigenvalue weighted by Crippen LogP contribution is -2.15. The predicted octanol–water partition coefficient (Wildman–Crippen LogP) is 4.04. The van der Waals surface area contributed by atoms with Gasteiger partial charge in [0.2, 0.25) is 0 Å². The van der Waals surface area contributed by atoms with Crippen LogP contribution in [0.1, 0.15) is 5.56 Å². The van der Waals surface area contributed by atoms with E-state index in [9.17, 15) is 12.8 Å². The summed E-state index contributed by atoms with van der Waals surface area (Å²) in [6.07, 6.45) is 0. The summed E-state index contributed by atoms with van der Waals surface area (Å²) in [5.41, 5.74) is 6.61. The molecule has 0 aromatic heterocycles. The fourth-order valence-corrected chi connectivity index (χ4v) is 3.68. The molecule has 0 radical (unpaired) electrons. The van der Waals surface area contributed by atoms with Gasteiger partial charge in [-0.1, -0.05) is 15.9 Å². The van der Waals surface area contributed by atoms with Crippen molar-refractivity contribution in [2.24, 2.45) is 0 Å². The lowest BCUT2D eigenvalue weighted by Gasteiger charge is -2.13. The van der Waals surface area contributed by atoms with Gasteiger partial charge in [-0.3, -0.25) is 4.72 Å². The summed E-state index contributed by atoms with van der Waals surface area (Å²) in [5.74, 6) is -0.460. The van der Waals surface area contributed by atoms with Gasteiger partial charge in [0.25, 0.3) is 10.0 Å². The molecule has 21 heavy (non-hydrogen) atoms. The number of nitrogens with one attached hydrogen (secondary N) is 1. The number of anilines is 2. The molecule has 4 nitrogen and oxygen atoms in total. The molecule has 0 aliphatic carbocycles. The van der Waals surface area contributed by atoms with Crippen LogP contribution in [0.2, 0.25) is 0 Å². The van der Waals surface area contributed by atoms with Gasteiger partial charge in [-0.05, 0) is 58.7 Å². The largest absolute Gasteiger partial charge is 0.398 e. The summed E-state index contributed by atoms with van der Waals surface area (Å²) >= 11 is 6.24. The van der Waals surface area contributed by atoms with Gasteiger partial charge in [0.1, 0.15) is 10.7 Å². The van der Waals surface area contributed by atoms with E-state index in [0.29, 0.717) is 10.0 Å². The van der Waals surface area contributed by atoms with Crippen LogP contribution in [0.25, 0.3) is 0 Å². The van der Waals surface area contributed by atoms with Crippen LogP contribution in [-0.2, 0) is 10.0 Å². The minimum Gasteiger partial charge on any atom is -0.398 e. The Labute approximate surface area is 138 Å². The number of hydrogen-bond donors (Lipinski definition) is 2. The molecule has 0 spiro atoms. The van der Waals surface area contributed by atoms with E-state index >= 15 is 0 Å². The summed E-state index contributed by atoms with van der Waals surface area (Å²) in [4.78, 5) is -0.0365. The third-order valence-corrected chi connectivity index (χ3v) is 5.31. The molecule has 0 bridgehead atoms. The molecule has 8 heteroatoms. The van der Waals surface area contributed by atoms with E-state index in [4.69, 9.17) is 5.73 Å². The highest BCUT2D eigenvalue weighted by Gasteiger charge is 2.19. The van der Waals surface area contributed by atoms with Crippen LogP contribution in [0.4, 0.5) is 15.8 Å². The maximum absolute atomic E-state index is 13.4. The molecule has 0 aliphatic heterocycles. The molecule has 0 heterocycles. The molecule has 112 valence electrons. The van der Waals surface area contributed by atoms with Crippen molar-refractivity contribution in [3.8, 4) is 0 Å². The molecule has 0 atom stereocenters. The van der Waals surface area contributed by atoms with Gasteiger partial charge in [-0.2, -0.15) is 0 Å². The first-order chi connectivity index (χ1) is 9.70. The van der Waals surface area contributed by atoms with E-state index in [-0.39, 0.29) is 20.7 Å². The molecular formula is C13H11Br2FN2O2S. The van der Waals surface area contributed by atoms with Crippen LogP contribution in [0.5, 0.6) is 0 Å². The van der Waals surface area contributed by atoms with Crippen molar-refractivity contribution < 1.29 is 12.8 Å². The number of rotatable bonds is 3. The van der Waals surface area contributed by atoms with Crippen LogP contribution in [0.15, 0.2) is 44.2 Å². The Morgan fingerprint density at radius 3 is 2.48 bits per heavy atom. The number of sulfonamides is 1. The first-order valence-corrected chi connectivity index (χ1v) is 8.81. The smallest absolute Gasteiger partial charge is 0.263 e. The standard InChI is InChI=1S/C13H11Br2FN2O2S/c1-7-4-10(16)9(15)6-12(7)18-21(19,20)13-3-2-8(14)5-11(13)17/h2-6,18H,17H2,1H3. The van der Waals surface area contributed by atoms with E-state index in [1.54, 1.807) is 13.0 Å². The normalized spacial score (nSPS) is 11.4. The van der Waals surface area contributed by atoms with Crippen LogP contribution in [-0.4, -0.2) is 8.42 Å². The second-order valence-electron chi connectivity index (χ2n) is 4.37. The lowest BCUT2D eigenvalue weighted by atomic mass is 10.2. The molecule has 3 N–H and O–H groups in total. The van der Waals surface area contributed by atoms with Crippen molar-refractivity contribution in [2.45, 2.75) is 11.8 Å². The maximum atomic E-state index is 13.4. The molecule has 2 aromatic rings. The number of aryl methyl sites for hydroxylation is 1. The predicted molar refractivity (Wildman–Crippen MR) is 88.2 cm³/mol. The Morgan fingerprint density at radius 1 is 1.19 bits per heavy atom. The monoisotopic (exact) mass is 436 g/mol. The molecule has 2 rings (SSSR count). The number of benzene rings is 2. The molecule has 0 fully saturated rings. The Bertz CT molecular complexity index is 810. The summed E-state index contributed by atoms with van der Waals surface area (Å²) in [7, 11) is -3.85. The van der Waals surface area contributed by atoms with Crippen molar-refractivity contribution in [1.82, 2.24) is 0 Å². The summed E-state index contributed by atoms with van der Waals surface area (Å²) in [5, 5.41) is 0. The van der Waals surface area contributed by atoms with E-state index in [1.807, 2.05) is 0 Å². The van der Waals surface area contributed by atoms with Gasteiger partial charge in [0.05, 0.1) is 15.8 Å². The van der Waals surface area contributed by atoms with Crippen LogP contribution in [0, 0.1) is 12.7 Å². The summed E-state index contributed by atoms with van der Waals surface area (Å²) < 4.78 is 41.4. The highest BCUT2D eigenvalue weighted by molar-refractivity contribution is 9.10. The van der Waals surface area contributed by atoms with E-state index in [0.717, 1.165) is 0 Å². The third-order valence-electron chi connectivity index (χ3n) is 2.77. The molecule has 0 unspecified atom stereocenters. The summed E-state index contributed by atoms with van der Waals surface area (Å²) in [6.45, 7) is 1.61. The second-order valence-corrected chi connectivity index (χ2v) is 7.79. The van der Waals surface area contributed by atoms with Crippen molar-refractivity contribution in [3.05, 3.63) is 50.7 Å². The fraction of sp³-hybridized carbons (Fsp3) is 0.0769. The van der Waals surface area contributed by atoms with Crippen molar-refractivity contribution in [2.75, 3.05) is 10.5 Å². The van der Waals surface area contributed by atoms with Crippen LogP contribution < -0.4 is 10.5 Å². The maximum Gasteiger partial charge on any atom is 0.263 e. The van der Waals surface area contributed by atoms with Gasteiger partial charge in [-0.25, -0.2) is 12.8 Å². The van der Waals surface area contributed by atoms with Crippen LogP contribution >= 0.6 is 31.9 Å². The fourth-order valence-electron chi connectivity index (χ4n) is 1.72. The zero-order valence-corrected chi connectivity index (χ0v) is 14.8. The van der Waals surface area contributed by atoms with Crippen molar-refractivity contribution >= 4 is 53.3 Å². The quantitative estimate of drug-likeness (QED) is 0.711. The number of hydrogen-bond acceptors (Lipinski definition) is 3. The van der Waals surface area contributed by atoms with E-state index in [1.165, 1.54) is 24.3 Å². The first-order valence-electron chi connectivity index (χ1n) is 5.74. The van der Waals surface area contributed by atoms with E-state index in [2.05, 4.69) is 36.6 Å². The zero-order valence-electron chi connectivity index (χ0n) is 10.8. The Kier molecular flexibility index (Phi) is 4.60. The van der Waals surface area contributed by atoms with Gasteiger partial charge in [0.15, 0.2) is 0 Å². The third kappa shape index (κ3) is 3.56. The average Bonchev–Trinajstić information content (AvgIpc) is 2.35. The highest BCUT2D eigenvalue weighted by atomic mass is 79.9. The Hall–Kier alpha value is -1.12. The van der Waals surface area contributed by atoms with Crippen LogP contribution in [0.3, 0.4) is 0 Å². The second kappa shape index (κ2) is 5.94. The molecule has 0 saturated carbocycles.